The van der Waals surface area contributed by atoms with Gasteiger partial charge in [-0.05, 0) is 37.3 Å². The van der Waals surface area contributed by atoms with E-state index < -0.39 is 5.82 Å². The van der Waals surface area contributed by atoms with Crippen LogP contribution < -0.4 is 5.32 Å². The van der Waals surface area contributed by atoms with Crippen LogP contribution in [-0.2, 0) is 6.54 Å². The molecule has 0 radical (unpaired) electrons. The number of hydrogen-bond donors (Lipinski definition) is 1. The van der Waals surface area contributed by atoms with Crippen LogP contribution in [0.5, 0.6) is 0 Å². The Hall–Kier alpha value is -3.02. The SMILES string of the molecule is CCn1cnnc1-c1cccc(NC(=O)c2cccc(F)c2)c1. The normalized spacial score (nSPS) is 10.5. The predicted molar refractivity (Wildman–Crippen MR) is 85.5 cm³/mol. The van der Waals surface area contributed by atoms with Gasteiger partial charge in [-0.1, -0.05) is 18.2 Å². The predicted octanol–water partition coefficient (Wildman–Crippen LogP) is 3.36. The van der Waals surface area contributed by atoms with Gasteiger partial charge in [0.05, 0.1) is 0 Å². The summed E-state index contributed by atoms with van der Waals surface area (Å²) >= 11 is 0. The van der Waals surface area contributed by atoms with E-state index in [1.807, 2.05) is 29.7 Å². The van der Waals surface area contributed by atoms with Gasteiger partial charge in [0.25, 0.3) is 5.91 Å². The summed E-state index contributed by atoms with van der Waals surface area (Å²) in [4.78, 5) is 12.2. The highest BCUT2D eigenvalue weighted by molar-refractivity contribution is 6.04. The third-order valence-electron chi connectivity index (χ3n) is 3.42. The van der Waals surface area contributed by atoms with Gasteiger partial charge in [-0.2, -0.15) is 0 Å². The first-order chi connectivity index (χ1) is 11.2. The Morgan fingerprint density at radius 3 is 2.83 bits per heavy atom. The number of rotatable bonds is 4. The molecule has 0 aliphatic heterocycles. The van der Waals surface area contributed by atoms with Crippen LogP contribution in [0.1, 0.15) is 17.3 Å². The summed E-state index contributed by atoms with van der Waals surface area (Å²) in [6, 6.07) is 12.9. The van der Waals surface area contributed by atoms with E-state index in [-0.39, 0.29) is 11.5 Å². The second kappa shape index (κ2) is 6.39. The van der Waals surface area contributed by atoms with E-state index in [9.17, 15) is 9.18 Å². The lowest BCUT2D eigenvalue weighted by atomic mass is 10.1. The Morgan fingerprint density at radius 1 is 1.22 bits per heavy atom. The molecule has 1 amide bonds. The van der Waals surface area contributed by atoms with Crippen LogP contribution in [0.15, 0.2) is 54.9 Å². The van der Waals surface area contributed by atoms with Crippen molar-refractivity contribution in [3.63, 3.8) is 0 Å². The number of carbonyl (C=O) groups excluding carboxylic acids is 1. The lowest BCUT2D eigenvalue weighted by molar-refractivity contribution is 0.102. The molecule has 0 saturated carbocycles. The Balaban J connectivity index is 1.84. The van der Waals surface area contributed by atoms with Crippen molar-refractivity contribution in [3.05, 3.63) is 66.2 Å². The number of nitrogens with one attached hydrogen (secondary N) is 1. The first-order valence-electron chi connectivity index (χ1n) is 7.22. The van der Waals surface area contributed by atoms with Crippen molar-refractivity contribution in [1.29, 1.82) is 0 Å². The third kappa shape index (κ3) is 3.26. The molecule has 0 spiro atoms. The Bertz CT molecular complexity index is 844. The molecule has 1 heterocycles. The van der Waals surface area contributed by atoms with Gasteiger partial charge >= 0.3 is 0 Å². The zero-order valence-electron chi connectivity index (χ0n) is 12.5. The molecule has 0 fully saturated rings. The lowest BCUT2D eigenvalue weighted by Gasteiger charge is -2.08. The fraction of sp³-hybridized carbons (Fsp3) is 0.118. The molecule has 0 bridgehead atoms. The second-order valence-electron chi connectivity index (χ2n) is 4.99. The number of benzene rings is 2. The zero-order chi connectivity index (χ0) is 16.2. The topological polar surface area (TPSA) is 59.8 Å². The molecule has 2 aromatic carbocycles. The van der Waals surface area contributed by atoms with E-state index in [0.717, 1.165) is 17.9 Å². The summed E-state index contributed by atoms with van der Waals surface area (Å²) in [6.45, 7) is 2.75. The van der Waals surface area contributed by atoms with Crippen molar-refractivity contribution < 1.29 is 9.18 Å². The molecule has 3 aromatic rings. The molecule has 116 valence electrons. The average Bonchev–Trinajstić information content (AvgIpc) is 3.04. The van der Waals surface area contributed by atoms with Crippen LogP contribution in [0, 0.1) is 5.82 Å². The van der Waals surface area contributed by atoms with Crippen LogP contribution in [0.25, 0.3) is 11.4 Å². The third-order valence-corrected chi connectivity index (χ3v) is 3.42. The first-order valence-corrected chi connectivity index (χ1v) is 7.22. The first kappa shape index (κ1) is 14.9. The van der Waals surface area contributed by atoms with Crippen LogP contribution in [0.4, 0.5) is 10.1 Å². The molecule has 23 heavy (non-hydrogen) atoms. The van der Waals surface area contributed by atoms with E-state index in [4.69, 9.17) is 0 Å². The van der Waals surface area contributed by atoms with Gasteiger partial charge in [0, 0.05) is 23.4 Å². The number of hydrogen-bond acceptors (Lipinski definition) is 3. The lowest BCUT2D eigenvalue weighted by Crippen LogP contribution is -2.12. The maximum absolute atomic E-state index is 13.2. The monoisotopic (exact) mass is 310 g/mol. The maximum atomic E-state index is 13.2. The number of aryl methyl sites for hydroxylation is 1. The minimum absolute atomic E-state index is 0.270. The molecule has 0 atom stereocenters. The molecule has 0 saturated heterocycles. The molecule has 6 heteroatoms. The minimum Gasteiger partial charge on any atom is -0.322 e. The van der Waals surface area contributed by atoms with Crippen molar-refractivity contribution in [3.8, 4) is 11.4 Å². The van der Waals surface area contributed by atoms with Gasteiger partial charge in [0.2, 0.25) is 0 Å². The molecule has 3 rings (SSSR count). The summed E-state index contributed by atoms with van der Waals surface area (Å²) in [7, 11) is 0. The van der Waals surface area contributed by atoms with Gasteiger partial charge in [0.15, 0.2) is 5.82 Å². The molecular formula is C17H15FN4O. The number of nitrogens with zero attached hydrogens (tertiary/aromatic N) is 3. The summed E-state index contributed by atoms with van der Waals surface area (Å²) in [5.41, 5.74) is 1.73. The van der Waals surface area contributed by atoms with Crippen LogP contribution in [0.2, 0.25) is 0 Å². The van der Waals surface area contributed by atoms with Crippen LogP contribution >= 0.6 is 0 Å². The number of aromatic nitrogens is 3. The van der Waals surface area contributed by atoms with Crippen molar-refractivity contribution in [2.75, 3.05) is 5.32 Å². The highest BCUT2D eigenvalue weighted by atomic mass is 19.1. The largest absolute Gasteiger partial charge is 0.322 e. The smallest absolute Gasteiger partial charge is 0.255 e. The van der Waals surface area contributed by atoms with Gasteiger partial charge < -0.3 is 9.88 Å². The van der Waals surface area contributed by atoms with Crippen molar-refractivity contribution >= 4 is 11.6 Å². The fourth-order valence-corrected chi connectivity index (χ4v) is 2.28. The van der Waals surface area contributed by atoms with Crippen molar-refractivity contribution in [2.24, 2.45) is 0 Å². The minimum atomic E-state index is -0.442. The number of anilines is 1. The Morgan fingerprint density at radius 2 is 2.04 bits per heavy atom. The average molecular weight is 310 g/mol. The van der Waals surface area contributed by atoms with E-state index in [1.165, 1.54) is 18.2 Å². The highest BCUT2D eigenvalue weighted by Crippen LogP contribution is 2.21. The molecule has 1 aromatic heterocycles. The molecule has 1 N–H and O–H groups in total. The second-order valence-corrected chi connectivity index (χ2v) is 4.99. The maximum Gasteiger partial charge on any atom is 0.255 e. The molecule has 0 aliphatic carbocycles. The number of halogens is 1. The Labute approximate surface area is 132 Å². The van der Waals surface area contributed by atoms with E-state index in [2.05, 4.69) is 15.5 Å². The van der Waals surface area contributed by atoms with Gasteiger partial charge in [-0.15, -0.1) is 10.2 Å². The van der Waals surface area contributed by atoms with Gasteiger partial charge in [-0.3, -0.25) is 4.79 Å². The van der Waals surface area contributed by atoms with E-state index in [0.29, 0.717) is 5.69 Å². The van der Waals surface area contributed by atoms with Crippen LogP contribution in [0.3, 0.4) is 0 Å². The summed E-state index contributed by atoms with van der Waals surface area (Å²) < 4.78 is 15.1. The molecule has 0 aliphatic rings. The quantitative estimate of drug-likeness (QED) is 0.804. The molecule has 0 unspecified atom stereocenters. The van der Waals surface area contributed by atoms with Crippen molar-refractivity contribution in [2.45, 2.75) is 13.5 Å². The summed E-state index contributed by atoms with van der Waals surface area (Å²) in [5.74, 6) is -0.0737. The van der Waals surface area contributed by atoms with E-state index in [1.54, 1.807) is 18.5 Å². The standard InChI is InChI=1S/C17H15FN4O/c1-2-22-11-19-21-16(22)12-5-4-8-15(10-12)20-17(23)13-6-3-7-14(18)9-13/h3-11H,2H2,1H3,(H,20,23). The summed E-state index contributed by atoms with van der Waals surface area (Å²) in [6.07, 6.45) is 1.66. The van der Waals surface area contributed by atoms with Gasteiger partial charge in [0.1, 0.15) is 12.1 Å². The zero-order valence-corrected chi connectivity index (χ0v) is 12.5. The van der Waals surface area contributed by atoms with Crippen LogP contribution in [-0.4, -0.2) is 20.7 Å². The van der Waals surface area contributed by atoms with Crippen molar-refractivity contribution in [1.82, 2.24) is 14.8 Å². The fourth-order valence-electron chi connectivity index (χ4n) is 2.28. The number of amides is 1. The Kier molecular flexibility index (Phi) is 4.14. The van der Waals surface area contributed by atoms with Gasteiger partial charge in [-0.25, -0.2) is 4.39 Å². The number of carbonyl (C=O) groups is 1. The molecule has 5 nitrogen and oxygen atoms in total. The highest BCUT2D eigenvalue weighted by Gasteiger charge is 2.10. The summed E-state index contributed by atoms with van der Waals surface area (Å²) in [5, 5.41) is 10.8. The molecular weight excluding hydrogens is 295 g/mol. The van der Waals surface area contributed by atoms with E-state index >= 15 is 0 Å².